The summed E-state index contributed by atoms with van der Waals surface area (Å²) >= 11 is 0. The molecule has 4 atom stereocenters. The molecule has 1 aromatic carbocycles. The summed E-state index contributed by atoms with van der Waals surface area (Å²) in [5.41, 5.74) is 8.43. The lowest BCUT2D eigenvalue weighted by atomic mass is 9.67. The summed E-state index contributed by atoms with van der Waals surface area (Å²) in [6, 6.07) is 10.0. The summed E-state index contributed by atoms with van der Waals surface area (Å²) in [5, 5.41) is 19.5. The number of nitrogens with two attached hydrogens (primary N) is 1. The highest BCUT2D eigenvalue weighted by molar-refractivity contribution is 5.75. The molecule has 1 aliphatic carbocycles. The van der Waals surface area contributed by atoms with E-state index in [0.29, 0.717) is 18.6 Å². The quantitative estimate of drug-likeness (QED) is 0.788. The van der Waals surface area contributed by atoms with Crippen molar-refractivity contribution in [3.05, 3.63) is 47.8 Å². The second-order valence-corrected chi connectivity index (χ2v) is 7.68. The monoisotopic (exact) mass is 376 g/mol. The minimum Gasteiger partial charge on any atom is -0.490 e. The van der Waals surface area contributed by atoms with Crippen LogP contribution in [0, 0.1) is 17.2 Å². The van der Waals surface area contributed by atoms with E-state index in [1.54, 1.807) is 12.3 Å². The Morgan fingerprint density at radius 1 is 1.21 bits per heavy atom. The van der Waals surface area contributed by atoms with Crippen molar-refractivity contribution in [1.82, 2.24) is 4.98 Å². The number of pyridine rings is 1. The molecule has 28 heavy (non-hydrogen) atoms. The predicted octanol–water partition coefficient (Wildman–Crippen LogP) is 2.08. The maximum absolute atomic E-state index is 10.3. The van der Waals surface area contributed by atoms with Crippen molar-refractivity contribution in [1.29, 1.82) is 5.26 Å². The number of aliphatic hydroxyl groups is 1. The molecule has 2 aromatic rings. The zero-order chi connectivity index (χ0) is 19.3. The Kier molecular flexibility index (Phi) is 3.78. The van der Waals surface area contributed by atoms with E-state index in [4.69, 9.17) is 25.5 Å². The van der Waals surface area contributed by atoms with Crippen LogP contribution in [-0.2, 0) is 10.3 Å². The van der Waals surface area contributed by atoms with Gasteiger partial charge in [-0.3, -0.25) is 4.98 Å². The number of aliphatic imine (C=N–C) groups is 1. The number of benzene rings is 1. The molecule has 4 unspecified atom stereocenters. The lowest BCUT2D eigenvalue weighted by molar-refractivity contribution is -0.0359. The van der Waals surface area contributed by atoms with Crippen LogP contribution in [0.3, 0.4) is 0 Å². The average molecular weight is 376 g/mol. The highest BCUT2D eigenvalue weighted by Crippen LogP contribution is 2.52. The van der Waals surface area contributed by atoms with Crippen LogP contribution in [0.15, 0.2) is 41.7 Å². The first-order valence-electron chi connectivity index (χ1n) is 9.42. The van der Waals surface area contributed by atoms with E-state index in [2.05, 4.69) is 11.1 Å². The highest BCUT2D eigenvalue weighted by atomic mass is 16.5. The zero-order valence-electron chi connectivity index (χ0n) is 15.2. The van der Waals surface area contributed by atoms with Gasteiger partial charge in [0.15, 0.2) is 0 Å². The zero-order valence-corrected chi connectivity index (χ0v) is 15.2. The van der Waals surface area contributed by atoms with E-state index in [0.717, 1.165) is 35.3 Å². The average Bonchev–Trinajstić information content (AvgIpc) is 3.11. The van der Waals surface area contributed by atoms with Gasteiger partial charge < -0.3 is 20.3 Å². The Hall–Kier alpha value is -3.11. The predicted molar refractivity (Wildman–Crippen MR) is 101 cm³/mol. The van der Waals surface area contributed by atoms with Crippen molar-refractivity contribution in [3.63, 3.8) is 0 Å². The largest absolute Gasteiger partial charge is 0.490 e. The Labute approximate surface area is 162 Å². The first-order valence-corrected chi connectivity index (χ1v) is 9.42. The third kappa shape index (κ3) is 2.53. The van der Waals surface area contributed by atoms with Crippen molar-refractivity contribution >= 4 is 6.02 Å². The molecule has 7 heteroatoms. The number of fused-ring (bicyclic) bond motifs is 4. The minimum absolute atomic E-state index is 0.0105. The van der Waals surface area contributed by atoms with Crippen LogP contribution >= 0.6 is 0 Å². The van der Waals surface area contributed by atoms with Gasteiger partial charge in [-0.05, 0) is 43.0 Å². The second-order valence-electron chi connectivity index (χ2n) is 7.68. The molecule has 2 aliphatic heterocycles. The molecule has 1 aromatic heterocycles. The molecule has 0 amide bonds. The number of hydrogen-bond donors (Lipinski definition) is 2. The molecule has 7 nitrogen and oxygen atoms in total. The highest BCUT2D eigenvalue weighted by Gasteiger charge is 2.55. The first kappa shape index (κ1) is 17.0. The van der Waals surface area contributed by atoms with E-state index >= 15 is 0 Å². The molecule has 1 fully saturated rings. The van der Waals surface area contributed by atoms with E-state index in [9.17, 15) is 5.11 Å². The van der Waals surface area contributed by atoms with Gasteiger partial charge >= 0.3 is 0 Å². The third-order valence-corrected chi connectivity index (χ3v) is 6.05. The third-order valence-electron chi connectivity index (χ3n) is 6.05. The smallest absolute Gasteiger partial charge is 0.283 e. The molecule has 142 valence electrons. The Bertz CT molecular complexity index is 1010. The fourth-order valence-corrected chi connectivity index (χ4v) is 4.71. The molecule has 3 heterocycles. The van der Waals surface area contributed by atoms with E-state index < -0.39 is 5.54 Å². The topological polar surface area (TPSA) is 114 Å². The van der Waals surface area contributed by atoms with E-state index in [1.807, 2.05) is 18.2 Å². The van der Waals surface area contributed by atoms with Crippen LogP contribution in [0.4, 0.5) is 0 Å². The normalized spacial score (nSPS) is 30.4. The van der Waals surface area contributed by atoms with E-state index in [-0.39, 0.29) is 24.1 Å². The van der Waals surface area contributed by atoms with Gasteiger partial charge in [-0.2, -0.15) is 5.26 Å². The van der Waals surface area contributed by atoms with Crippen LogP contribution in [-0.4, -0.2) is 34.9 Å². The maximum atomic E-state index is 10.3. The Morgan fingerprint density at radius 2 is 2.11 bits per heavy atom. The van der Waals surface area contributed by atoms with Crippen molar-refractivity contribution in [2.24, 2.45) is 16.6 Å². The first-order chi connectivity index (χ1) is 13.6. The SMILES string of the molecule is N#Cc1cncc(-c2ccc3c(c2)C2(COC(N)=N2)C2CC(O)CCC2O3)c1. The number of nitrogens with zero attached hydrogens (tertiary/aromatic N) is 3. The summed E-state index contributed by atoms with van der Waals surface area (Å²) in [6.07, 6.45) is 4.96. The van der Waals surface area contributed by atoms with Crippen molar-refractivity contribution < 1.29 is 14.6 Å². The van der Waals surface area contributed by atoms with Crippen molar-refractivity contribution in [2.75, 3.05) is 6.61 Å². The van der Waals surface area contributed by atoms with Gasteiger partial charge in [0.1, 0.15) is 30.1 Å². The molecule has 1 saturated carbocycles. The maximum Gasteiger partial charge on any atom is 0.283 e. The van der Waals surface area contributed by atoms with Gasteiger partial charge in [0.25, 0.3) is 6.02 Å². The number of rotatable bonds is 1. The van der Waals surface area contributed by atoms with E-state index in [1.165, 1.54) is 6.20 Å². The lowest BCUT2D eigenvalue weighted by Crippen LogP contribution is -2.51. The fraction of sp³-hybridized carbons (Fsp3) is 0.381. The fourth-order valence-electron chi connectivity index (χ4n) is 4.71. The van der Waals surface area contributed by atoms with Gasteiger partial charge in [-0.1, -0.05) is 6.07 Å². The summed E-state index contributed by atoms with van der Waals surface area (Å²) in [4.78, 5) is 8.88. The molecule has 3 N–H and O–H groups in total. The van der Waals surface area contributed by atoms with Crippen molar-refractivity contribution in [3.8, 4) is 22.9 Å². The number of nitriles is 1. The van der Waals surface area contributed by atoms with Crippen LogP contribution in [0.5, 0.6) is 5.75 Å². The summed E-state index contributed by atoms with van der Waals surface area (Å²) in [6.45, 7) is 0.336. The molecule has 0 saturated heterocycles. The summed E-state index contributed by atoms with van der Waals surface area (Å²) in [7, 11) is 0. The second kappa shape index (κ2) is 6.21. The van der Waals surface area contributed by atoms with Crippen LogP contribution in [0.2, 0.25) is 0 Å². The molecule has 3 aliphatic rings. The van der Waals surface area contributed by atoms with Gasteiger partial charge in [-0.25, -0.2) is 4.99 Å². The molecule has 5 rings (SSSR count). The summed E-state index contributed by atoms with van der Waals surface area (Å²) < 4.78 is 11.9. The number of aromatic nitrogens is 1. The number of amidine groups is 1. The van der Waals surface area contributed by atoms with Crippen LogP contribution < -0.4 is 10.5 Å². The molecular weight excluding hydrogens is 356 g/mol. The summed E-state index contributed by atoms with van der Waals surface area (Å²) in [5.74, 6) is 0.761. The molecule has 0 radical (unpaired) electrons. The number of aliphatic hydroxyl groups excluding tert-OH is 1. The molecule has 1 spiro atoms. The molecule has 0 bridgehead atoms. The Balaban J connectivity index is 1.66. The van der Waals surface area contributed by atoms with Crippen molar-refractivity contribution in [2.45, 2.75) is 37.0 Å². The Morgan fingerprint density at radius 3 is 2.89 bits per heavy atom. The molecular formula is C21H20N4O3. The minimum atomic E-state index is -0.667. The van der Waals surface area contributed by atoms with Gasteiger partial charge in [0.2, 0.25) is 0 Å². The lowest BCUT2D eigenvalue weighted by Gasteiger charge is -2.47. The van der Waals surface area contributed by atoms with Gasteiger partial charge in [0.05, 0.1) is 11.7 Å². The van der Waals surface area contributed by atoms with Crippen LogP contribution in [0.25, 0.3) is 11.1 Å². The number of hydrogen-bond acceptors (Lipinski definition) is 7. The van der Waals surface area contributed by atoms with Gasteiger partial charge in [0, 0.05) is 29.4 Å². The van der Waals surface area contributed by atoms with Gasteiger partial charge in [-0.15, -0.1) is 0 Å². The number of ether oxygens (including phenoxy) is 2. The standard InChI is InChI=1S/C21H20N4O3/c22-8-12-5-14(10-24-9-12)13-1-3-18-16(6-13)21(11-27-20(23)25-21)17-7-15(26)2-4-19(17)28-18/h1,3,5-6,9-10,15,17,19,26H,2,4,7,11H2,(H2,23,25). The van der Waals surface area contributed by atoms with Crippen LogP contribution in [0.1, 0.15) is 30.4 Å².